The van der Waals surface area contributed by atoms with E-state index < -0.39 is 5.41 Å². The zero-order chi connectivity index (χ0) is 15.9. The molecular formula is C17H22O4. The van der Waals surface area contributed by atoms with Gasteiger partial charge in [-0.1, -0.05) is 37.3 Å². The number of esters is 1. The molecule has 0 spiro atoms. The van der Waals surface area contributed by atoms with Crippen LogP contribution in [0.4, 0.5) is 0 Å². The molecule has 0 radical (unpaired) electrons. The first-order valence-corrected chi connectivity index (χ1v) is 7.14. The highest BCUT2D eigenvalue weighted by Crippen LogP contribution is 2.21. The molecule has 0 amide bonds. The Morgan fingerprint density at radius 3 is 2.29 bits per heavy atom. The monoisotopic (exact) mass is 290 g/mol. The highest BCUT2D eigenvalue weighted by atomic mass is 16.5. The molecule has 0 saturated carbocycles. The van der Waals surface area contributed by atoms with Crippen LogP contribution in [0.25, 0.3) is 0 Å². The predicted octanol–water partition coefficient (Wildman–Crippen LogP) is 3.20. The van der Waals surface area contributed by atoms with Gasteiger partial charge in [-0.25, -0.2) is 0 Å². The van der Waals surface area contributed by atoms with Crippen LogP contribution in [0.1, 0.15) is 50.4 Å². The van der Waals surface area contributed by atoms with Gasteiger partial charge in [0.15, 0.2) is 5.78 Å². The van der Waals surface area contributed by atoms with E-state index in [4.69, 9.17) is 4.74 Å². The van der Waals surface area contributed by atoms with Crippen LogP contribution in [0, 0.1) is 5.41 Å². The van der Waals surface area contributed by atoms with E-state index >= 15 is 0 Å². The number of ketones is 2. The largest absolute Gasteiger partial charge is 0.465 e. The predicted molar refractivity (Wildman–Crippen MR) is 80.0 cm³/mol. The molecule has 4 nitrogen and oxygen atoms in total. The second-order valence-electron chi connectivity index (χ2n) is 5.63. The molecule has 0 bridgehead atoms. The van der Waals surface area contributed by atoms with Crippen molar-refractivity contribution in [3.63, 3.8) is 0 Å². The van der Waals surface area contributed by atoms with Gasteiger partial charge in [0.05, 0.1) is 18.4 Å². The lowest BCUT2D eigenvalue weighted by Crippen LogP contribution is -2.26. The van der Waals surface area contributed by atoms with Crippen LogP contribution in [-0.4, -0.2) is 24.1 Å². The Bertz CT molecular complexity index is 503. The van der Waals surface area contributed by atoms with Crippen LogP contribution in [0.2, 0.25) is 0 Å². The third kappa shape index (κ3) is 5.50. The van der Waals surface area contributed by atoms with Crippen molar-refractivity contribution >= 4 is 17.5 Å². The second kappa shape index (κ2) is 7.72. The summed E-state index contributed by atoms with van der Waals surface area (Å²) >= 11 is 0. The van der Waals surface area contributed by atoms with Crippen LogP contribution in [0.5, 0.6) is 0 Å². The number of carbonyl (C=O) groups excluding carboxylic acids is 3. The summed E-state index contributed by atoms with van der Waals surface area (Å²) in [7, 11) is 0. The fourth-order valence-corrected chi connectivity index (χ4v) is 1.59. The Morgan fingerprint density at radius 1 is 1.10 bits per heavy atom. The third-order valence-electron chi connectivity index (χ3n) is 3.50. The van der Waals surface area contributed by atoms with Gasteiger partial charge in [-0.3, -0.25) is 14.4 Å². The van der Waals surface area contributed by atoms with Gasteiger partial charge in [-0.2, -0.15) is 0 Å². The second-order valence-corrected chi connectivity index (χ2v) is 5.63. The summed E-state index contributed by atoms with van der Waals surface area (Å²) in [4.78, 5) is 35.3. The average molecular weight is 290 g/mol. The summed E-state index contributed by atoms with van der Waals surface area (Å²) in [6, 6.07) is 8.69. The van der Waals surface area contributed by atoms with Crippen molar-refractivity contribution in [2.75, 3.05) is 6.61 Å². The number of hydrogen-bond donors (Lipinski definition) is 0. The maximum absolute atomic E-state index is 11.8. The van der Waals surface area contributed by atoms with Gasteiger partial charge in [0.1, 0.15) is 5.78 Å². The highest BCUT2D eigenvalue weighted by Gasteiger charge is 2.27. The highest BCUT2D eigenvalue weighted by molar-refractivity contribution is 6.07. The summed E-state index contributed by atoms with van der Waals surface area (Å²) in [5, 5.41) is 0. The first-order valence-electron chi connectivity index (χ1n) is 7.14. The molecule has 1 aromatic rings. The molecule has 21 heavy (non-hydrogen) atoms. The molecule has 0 aliphatic carbocycles. The van der Waals surface area contributed by atoms with E-state index in [1.54, 1.807) is 38.1 Å². The fraction of sp³-hybridized carbons (Fsp3) is 0.471. The molecule has 4 heteroatoms. The lowest BCUT2D eigenvalue weighted by molar-refractivity contribution is -0.154. The first-order chi connectivity index (χ1) is 9.86. The molecule has 0 N–H and O–H groups in total. The Morgan fingerprint density at radius 2 is 1.71 bits per heavy atom. The maximum Gasteiger partial charge on any atom is 0.311 e. The molecule has 0 fully saturated rings. The molecule has 0 aromatic heterocycles. The summed E-state index contributed by atoms with van der Waals surface area (Å²) in [5.41, 5.74) is -0.0157. The zero-order valence-corrected chi connectivity index (χ0v) is 12.8. The molecular weight excluding hydrogens is 268 g/mol. The van der Waals surface area contributed by atoms with Gasteiger partial charge in [0, 0.05) is 12.0 Å². The van der Waals surface area contributed by atoms with Crippen molar-refractivity contribution in [3.05, 3.63) is 35.9 Å². The van der Waals surface area contributed by atoms with Crippen LogP contribution in [0.3, 0.4) is 0 Å². The van der Waals surface area contributed by atoms with Gasteiger partial charge in [0.25, 0.3) is 0 Å². The summed E-state index contributed by atoms with van der Waals surface area (Å²) in [6.45, 7) is 5.54. The zero-order valence-electron chi connectivity index (χ0n) is 12.8. The van der Waals surface area contributed by atoms with Crippen molar-refractivity contribution in [2.45, 2.75) is 40.0 Å². The van der Waals surface area contributed by atoms with Crippen molar-refractivity contribution in [2.24, 2.45) is 5.41 Å². The lowest BCUT2D eigenvalue weighted by atomic mass is 9.91. The molecule has 0 aliphatic heterocycles. The number of ether oxygens (including phenoxy) is 1. The van der Waals surface area contributed by atoms with Gasteiger partial charge in [-0.05, 0) is 20.3 Å². The van der Waals surface area contributed by atoms with E-state index in [-0.39, 0.29) is 37.0 Å². The third-order valence-corrected chi connectivity index (χ3v) is 3.50. The quantitative estimate of drug-likeness (QED) is 0.419. The number of hydrogen-bond acceptors (Lipinski definition) is 4. The number of benzene rings is 1. The smallest absolute Gasteiger partial charge is 0.311 e. The van der Waals surface area contributed by atoms with Crippen molar-refractivity contribution in [3.8, 4) is 0 Å². The van der Waals surface area contributed by atoms with Gasteiger partial charge in [0.2, 0.25) is 0 Å². The summed E-state index contributed by atoms with van der Waals surface area (Å²) in [6.07, 6.45) is 0.592. The van der Waals surface area contributed by atoms with Gasteiger partial charge < -0.3 is 4.74 Å². The van der Waals surface area contributed by atoms with E-state index in [9.17, 15) is 14.4 Å². The van der Waals surface area contributed by atoms with E-state index in [1.165, 1.54) is 0 Å². The lowest BCUT2D eigenvalue weighted by Gasteiger charge is -2.20. The summed E-state index contributed by atoms with van der Waals surface area (Å²) < 4.78 is 5.08. The van der Waals surface area contributed by atoms with Crippen molar-refractivity contribution in [1.29, 1.82) is 0 Å². The number of Topliss-reactive ketones (excluding diaryl/α,β-unsaturated/α-hetero) is 2. The minimum Gasteiger partial charge on any atom is -0.465 e. The van der Waals surface area contributed by atoms with Crippen LogP contribution in [0.15, 0.2) is 30.3 Å². The van der Waals surface area contributed by atoms with E-state index in [0.717, 1.165) is 0 Å². The molecule has 0 unspecified atom stereocenters. The van der Waals surface area contributed by atoms with Crippen molar-refractivity contribution < 1.29 is 19.1 Å². The SMILES string of the molecule is CCC(C)(C)C(=O)OCCC(=O)CC(=O)c1ccccc1. The molecule has 0 saturated heterocycles. The van der Waals surface area contributed by atoms with E-state index in [1.807, 2.05) is 13.0 Å². The van der Waals surface area contributed by atoms with Crippen LogP contribution < -0.4 is 0 Å². The topological polar surface area (TPSA) is 60.4 Å². The van der Waals surface area contributed by atoms with Crippen molar-refractivity contribution in [1.82, 2.24) is 0 Å². The van der Waals surface area contributed by atoms with E-state index in [0.29, 0.717) is 12.0 Å². The molecule has 0 heterocycles. The van der Waals surface area contributed by atoms with Crippen LogP contribution in [-0.2, 0) is 14.3 Å². The van der Waals surface area contributed by atoms with Gasteiger partial charge in [-0.15, -0.1) is 0 Å². The summed E-state index contributed by atoms with van der Waals surface area (Å²) in [5.74, 6) is -0.737. The number of carbonyl (C=O) groups is 3. The molecule has 0 atom stereocenters. The standard InChI is InChI=1S/C17H22O4/c1-4-17(2,3)16(20)21-11-10-14(18)12-15(19)13-8-6-5-7-9-13/h5-9H,4,10-12H2,1-3H3. The molecule has 1 rings (SSSR count). The fourth-order valence-electron chi connectivity index (χ4n) is 1.59. The first kappa shape index (κ1) is 17.1. The van der Waals surface area contributed by atoms with Gasteiger partial charge >= 0.3 is 5.97 Å². The molecule has 0 aliphatic rings. The molecule has 1 aromatic carbocycles. The normalized spacial score (nSPS) is 11.0. The van der Waals surface area contributed by atoms with E-state index in [2.05, 4.69) is 0 Å². The Kier molecular flexibility index (Phi) is 6.28. The molecule has 114 valence electrons. The van der Waals surface area contributed by atoms with Crippen LogP contribution >= 0.6 is 0 Å². The Hall–Kier alpha value is -1.97. The Labute approximate surface area is 125 Å². The minimum atomic E-state index is -0.539. The minimum absolute atomic E-state index is 0.0309. The Balaban J connectivity index is 2.35. The maximum atomic E-state index is 11.8. The number of rotatable bonds is 8. The average Bonchev–Trinajstić information content (AvgIpc) is 2.47.